The van der Waals surface area contributed by atoms with Crippen LogP contribution in [0.5, 0.6) is 0 Å². The van der Waals surface area contributed by atoms with Crippen LogP contribution in [0.15, 0.2) is 17.3 Å². The molecule has 17 heavy (non-hydrogen) atoms. The zero-order chi connectivity index (χ0) is 13.2. The minimum absolute atomic E-state index is 0.0339. The molecular formula is C10H16N2O4S. The lowest BCUT2D eigenvalue weighted by atomic mass is 10.3. The highest BCUT2D eigenvalue weighted by molar-refractivity contribution is 7.89. The number of hydrogen-bond acceptors (Lipinski definition) is 4. The predicted octanol–water partition coefficient (Wildman–Crippen LogP) is 0.498. The van der Waals surface area contributed by atoms with E-state index < -0.39 is 16.0 Å². The number of ether oxygens (including phenoxy) is 1. The van der Waals surface area contributed by atoms with E-state index in [9.17, 15) is 13.2 Å². The molecular weight excluding hydrogens is 244 g/mol. The maximum absolute atomic E-state index is 11.9. The molecule has 0 saturated heterocycles. The molecule has 0 saturated carbocycles. The first-order valence-corrected chi connectivity index (χ1v) is 6.53. The first-order valence-electron chi connectivity index (χ1n) is 5.05. The minimum Gasteiger partial charge on any atom is -0.465 e. The Balaban J connectivity index is 3.15. The second kappa shape index (κ2) is 4.89. The number of nitrogens with one attached hydrogen (secondary N) is 1. The second-order valence-corrected chi connectivity index (χ2v) is 5.61. The summed E-state index contributed by atoms with van der Waals surface area (Å²) in [4.78, 5) is 11.3. The lowest BCUT2D eigenvalue weighted by Gasteiger charge is -2.09. The van der Waals surface area contributed by atoms with Gasteiger partial charge in [0.15, 0.2) is 5.03 Å². The summed E-state index contributed by atoms with van der Waals surface area (Å²) in [7, 11) is -0.803. The molecule has 6 nitrogen and oxygen atoms in total. The average molecular weight is 260 g/mol. The van der Waals surface area contributed by atoms with Crippen LogP contribution in [0.2, 0.25) is 0 Å². The molecule has 1 rings (SSSR count). The van der Waals surface area contributed by atoms with E-state index >= 15 is 0 Å². The predicted molar refractivity (Wildman–Crippen MR) is 62.2 cm³/mol. The van der Waals surface area contributed by atoms with Gasteiger partial charge in [0, 0.05) is 19.3 Å². The first-order chi connectivity index (χ1) is 7.77. The number of rotatable bonds is 4. The highest BCUT2D eigenvalue weighted by atomic mass is 32.2. The molecule has 0 amide bonds. The van der Waals surface area contributed by atoms with Gasteiger partial charge in [-0.3, -0.25) is 0 Å². The van der Waals surface area contributed by atoms with Gasteiger partial charge in [0.2, 0.25) is 0 Å². The Bertz CT molecular complexity index is 516. The van der Waals surface area contributed by atoms with Crippen molar-refractivity contribution in [2.45, 2.75) is 24.9 Å². The van der Waals surface area contributed by atoms with Gasteiger partial charge in [-0.15, -0.1) is 0 Å². The molecule has 96 valence electrons. The van der Waals surface area contributed by atoms with Crippen molar-refractivity contribution < 1.29 is 17.9 Å². The van der Waals surface area contributed by atoms with Crippen LogP contribution in [0, 0.1) is 0 Å². The largest absolute Gasteiger partial charge is 0.465 e. The third-order valence-corrected chi connectivity index (χ3v) is 3.78. The van der Waals surface area contributed by atoms with Gasteiger partial charge >= 0.3 is 5.97 Å². The minimum atomic E-state index is -3.61. The lowest BCUT2D eigenvalue weighted by Crippen LogP contribution is -2.31. The van der Waals surface area contributed by atoms with Gasteiger partial charge in [-0.2, -0.15) is 0 Å². The molecule has 0 aliphatic heterocycles. The second-order valence-electron chi connectivity index (χ2n) is 3.95. The standard InChI is InChI=1S/C10H16N2O4S/c1-7(2)11-17(14,15)9-5-8(6-12(9)3)10(13)16-4/h5-7,11H,1-4H3. The maximum Gasteiger partial charge on any atom is 0.339 e. The van der Waals surface area contributed by atoms with E-state index in [-0.39, 0.29) is 16.6 Å². The first kappa shape index (κ1) is 13.7. The summed E-state index contributed by atoms with van der Waals surface area (Å²) in [5, 5.41) is 0.0339. The van der Waals surface area contributed by atoms with E-state index in [4.69, 9.17) is 0 Å². The van der Waals surface area contributed by atoms with Crippen LogP contribution >= 0.6 is 0 Å². The van der Waals surface area contributed by atoms with Gasteiger partial charge in [0.25, 0.3) is 10.0 Å². The number of carbonyl (C=O) groups excluding carboxylic acids is 1. The molecule has 0 aromatic carbocycles. The topological polar surface area (TPSA) is 77.4 Å². The van der Waals surface area contributed by atoms with Crippen LogP contribution < -0.4 is 4.72 Å². The van der Waals surface area contributed by atoms with Crippen molar-refractivity contribution in [3.63, 3.8) is 0 Å². The van der Waals surface area contributed by atoms with Crippen LogP contribution in [-0.2, 0) is 21.8 Å². The summed E-state index contributed by atoms with van der Waals surface area (Å²) in [6.45, 7) is 3.45. The molecule has 1 aromatic heterocycles. The number of esters is 1. The fourth-order valence-corrected chi connectivity index (χ4v) is 2.87. The van der Waals surface area contributed by atoms with Crippen molar-refractivity contribution in [1.29, 1.82) is 0 Å². The van der Waals surface area contributed by atoms with Crippen molar-refractivity contribution in [3.8, 4) is 0 Å². The van der Waals surface area contributed by atoms with E-state index in [1.54, 1.807) is 20.9 Å². The Labute approximate surface area is 101 Å². The zero-order valence-corrected chi connectivity index (χ0v) is 11.0. The number of aryl methyl sites for hydroxylation is 1. The Morgan fingerprint density at radius 1 is 1.47 bits per heavy atom. The van der Waals surface area contributed by atoms with Crippen LogP contribution in [-0.4, -0.2) is 32.1 Å². The summed E-state index contributed by atoms with van der Waals surface area (Å²) in [5.41, 5.74) is 0.208. The van der Waals surface area contributed by atoms with Crippen molar-refractivity contribution in [2.75, 3.05) is 7.11 Å². The number of methoxy groups -OCH3 is 1. The number of aromatic nitrogens is 1. The van der Waals surface area contributed by atoms with Crippen molar-refractivity contribution in [2.24, 2.45) is 7.05 Å². The quantitative estimate of drug-likeness (QED) is 0.800. The van der Waals surface area contributed by atoms with Crippen LogP contribution in [0.25, 0.3) is 0 Å². The van der Waals surface area contributed by atoms with Gasteiger partial charge in [0.1, 0.15) is 0 Å². The van der Waals surface area contributed by atoms with Crippen LogP contribution in [0.3, 0.4) is 0 Å². The molecule has 0 fully saturated rings. The number of nitrogens with zero attached hydrogens (tertiary/aromatic N) is 1. The van der Waals surface area contributed by atoms with Crippen molar-refractivity contribution in [1.82, 2.24) is 9.29 Å². The Morgan fingerprint density at radius 2 is 2.06 bits per heavy atom. The smallest absolute Gasteiger partial charge is 0.339 e. The average Bonchev–Trinajstić information content (AvgIpc) is 2.58. The van der Waals surface area contributed by atoms with E-state index in [1.165, 1.54) is 23.9 Å². The highest BCUT2D eigenvalue weighted by Gasteiger charge is 2.22. The molecule has 0 radical (unpaired) electrons. The summed E-state index contributed by atoms with van der Waals surface area (Å²) in [6.07, 6.45) is 1.42. The third kappa shape index (κ3) is 3.07. The highest BCUT2D eigenvalue weighted by Crippen LogP contribution is 2.14. The third-order valence-electron chi connectivity index (χ3n) is 2.05. The number of sulfonamides is 1. The molecule has 0 atom stereocenters. The fraction of sp³-hybridized carbons (Fsp3) is 0.500. The van der Waals surface area contributed by atoms with Gasteiger partial charge in [-0.05, 0) is 19.9 Å². The molecule has 0 aliphatic rings. The SMILES string of the molecule is COC(=O)c1cc(S(=O)(=O)NC(C)C)n(C)c1. The summed E-state index contributed by atoms with van der Waals surface area (Å²) >= 11 is 0. The summed E-state index contributed by atoms with van der Waals surface area (Å²) in [6, 6.07) is 1.08. The summed E-state index contributed by atoms with van der Waals surface area (Å²) in [5.74, 6) is -0.563. The van der Waals surface area contributed by atoms with E-state index in [2.05, 4.69) is 9.46 Å². The van der Waals surface area contributed by atoms with Crippen LogP contribution in [0.1, 0.15) is 24.2 Å². The molecule has 0 aliphatic carbocycles. The lowest BCUT2D eigenvalue weighted by molar-refractivity contribution is 0.0600. The zero-order valence-electron chi connectivity index (χ0n) is 10.2. The Kier molecular flexibility index (Phi) is 3.94. The molecule has 1 N–H and O–H groups in total. The fourth-order valence-electron chi connectivity index (χ4n) is 1.41. The van der Waals surface area contributed by atoms with Crippen molar-refractivity contribution in [3.05, 3.63) is 17.8 Å². The molecule has 0 spiro atoms. The van der Waals surface area contributed by atoms with Gasteiger partial charge in [-0.1, -0.05) is 0 Å². The molecule has 0 unspecified atom stereocenters. The maximum atomic E-state index is 11.9. The normalized spacial score (nSPS) is 11.8. The molecule has 1 heterocycles. The van der Waals surface area contributed by atoms with Gasteiger partial charge in [0.05, 0.1) is 12.7 Å². The molecule has 1 aromatic rings. The monoisotopic (exact) mass is 260 g/mol. The van der Waals surface area contributed by atoms with E-state index in [0.717, 1.165) is 0 Å². The van der Waals surface area contributed by atoms with Crippen LogP contribution in [0.4, 0.5) is 0 Å². The van der Waals surface area contributed by atoms with Gasteiger partial charge < -0.3 is 9.30 Å². The number of hydrogen-bond donors (Lipinski definition) is 1. The molecule has 0 bridgehead atoms. The Hall–Kier alpha value is -1.34. The van der Waals surface area contributed by atoms with Crippen molar-refractivity contribution >= 4 is 16.0 Å². The number of carbonyl (C=O) groups is 1. The van der Waals surface area contributed by atoms with E-state index in [1.807, 2.05) is 0 Å². The van der Waals surface area contributed by atoms with Gasteiger partial charge in [-0.25, -0.2) is 17.9 Å². The summed E-state index contributed by atoms with van der Waals surface area (Å²) < 4.78 is 32.2. The molecule has 7 heteroatoms. The Morgan fingerprint density at radius 3 is 2.53 bits per heavy atom. The van der Waals surface area contributed by atoms with E-state index in [0.29, 0.717) is 0 Å².